The molecule has 4 aromatic heterocycles. The highest BCUT2D eigenvalue weighted by Gasteiger charge is 2.20. The summed E-state index contributed by atoms with van der Waals surface area (Å²) in [6, 6.07) is 3.81. The van der Waals surface area contributed by atoms with Crippen LogP contribution in [0, 0.1) is 0 Å². The van der Waals surface area contributed by atoms with Crippen molar-refractivity contribution in [3.8, 4) is 0 Å². The lowest BCUT2D eigenvalue weighted by molar-refractivity contribution is 0.366. The van der Waals surface area contributed by atoms with Crippen LogP contribution < -0.4 is 5.32 Å². The molecular weight excluding hydrogens is 316 g/mol. The number of hydrogen-bond acceptors (Lipinski definition) is 6. The van der Waals surface area contributed by atoms with Gasteiger partial charge in [-0.05, 0) is 39.8 Å². The molecule has 0 aliphatic heterocycles. The summed E-state index contributed by atoms with van der Waals surface area (Å²) in [7, 11) is 0. The normalized spacial score (nSPS) is 13.4. The number of fused-ring (bicyclic) bond motifs is 2. The van der Waals surface area contributed by atoms with Gasteiger partial charge in [0, 0.05) is 17.8 Å². The van der Waals surface area contributed by atoms with E-state index in [1.807, 2.05) is 23.7 Å². The Hall–Kier alpha value is -2.96. The maximum Gasteiger partial charge on any atom is 0.163 e. The van der Waals surface area contributed by atoms with Gasteiger partial charge in [0.15, 0.2) is 5.65 Å². The predicted molar refractivity (Wildman–Crippen MR) is 96.4 cm³/mol. The average Bonchev–Trinajstić information content (AvgIpc) is 3.19. The van der Waals surface area contributed by atoms with E-state index in [-0.39, 0.29) is 11.6 Å². The molecule has 1 N–H and O–H groups in total. The first kappa shape index (κ1) is 15.6. The number of nitrogens with zero attached hydrogens (tertiary/aromatic N) is 5. The highest BCUT2D eigenvalue weighted by Crippen LogP contribution is 2.29. The summed E-state index contributed by atoms with van der Waals surface area (Å²) in [5.41, 5.74) is 1.49. The monoisotopic (exact) mass is 336 g/mol. The Morgan fingerprint density at radius 2 is 2.04 bits per heavy atom. The fourth-order valence-corrected chi connectivity index (χ4v) is 2.84. The fourth-order valence-electron chi connectivity index (χ4n) is 2.84. The highest BCUT2D eigenvalue weighted by molar-refractivity contribution is 5.86. The van der Waals surface area contributed by atoms with Gasteiger partial charge >= 0.3 is 0 Å². The number of anilines is 1. The maximum absolute atomic E-state index is 5.91. The van der Waals surface area contributed by atoms with Gasteiger partial charge < -0.3 is 9.73 Å². The smallest absolute Gasteiger partial charge is 0.163 e. The van der Waals surface area contributed by atoms with Crippen molar-refractivity contribution < 1.29 is 4.42 Å². The van der Waals surface area contributed by atoms with Gasteiger partial charge in [0.1, 0.15) is 23.5 Å². The molecule has 0 aliphatic rings. The Morgan fingerprint density at radius 3 is 2.80 bits per heavy atom. The minimum Gasteiger partial charge on any atom is -0.459 e. The van der Waals surface area contributed by atoms with Crippen molar-refractivity contribution in [1.29, 1.82) is 0 Å². The predicted octanol–water partition coefficient (Wildman–Crippen LogP) is 3.90. The molecule has 0 amide bonds. The topological polar surface area (TPSA) is 81.7 Å². The molecule has 7 heteroatoms. The Labute approximate surface area is 145 Å². The quantitative estimate of drug-likeness (QED) is 0.611. The molecule has 4 aromatic rings. The first-order valence-electron chi connectivity index (χ1n) is 8.23. The van der Waals surface area contributed by atoms with Crippen molar-refractivity contribution in [1.82, 2.24) is 24.7 Å². The third kappa shape index (κ3) is 2.71. The van der Waals surface area contributed by atoms with Crippen LogP contribution in [0.2, 0.25) is 0 Å². The number of nitrogens with one attached hydrogen (secondary N) is 1. The van der Waals surface area contributed by atoms with Crippen LogP contribution in [0.25, 0.3) is 22.0 Å². The molecule has 0 saturated carbocycles. The van der Waals surface area contributed by atoms with Crippen molar-refractivity contribution in [2.75, 3.05) is 5.32 Å². The van der Waals surface area contributed by atoms with Crippen molar-refractivity contribution in [3.63, 3.8) is 0 Å². The second kappa shape index (κ2) is 5.54. The van der Waals surface area contributed by atoms with E-state index < -0.39 is 0 Å². The molecule has 0 bridgehead atoms. The van der Waals surface area contributed by atoms with Gasteiger partial charge in [-0.2, -0.15) is 5.10 Å². The van der Waals surface area contributed by atoms with Crippen molar-refractivity contribution in [2.45, 2.75) is 39.3 Å². The molecule has 0 fully saturated rings. The van der Waals surface area contributed by atoms with Crippen LogP contribution in [0.15, 0.2) is 41.5 Å². The summed E-state index contributed by atoms with van der Waals surface area (Å²) in [5, 5.41) is 9.77. The van der Waals surface area contributed by atoms with Crippen LogP contribution >= 0.6 is 0 Å². The Morgan fingerprint density at radius 1 is 1.20 bits per heavy atom. The lowest BCUT2D eigenvalue weighted by atomic mass is 10.1. The molecule has 0 spiro atoms. The van der Waals surface area contributed by atoms with Crippen LogP contribution in [0.5, 0.6) is 0 Å². The van der Waals surface area contributed by atoms with Gasteiger partial charge in [-0.25, -0.2) is 14.6 Å². The molecule has 1 atom stereocenters. The minimum atomic E-state index is -0.148. The van der Waals surface area contributed by atoms with E-state index >= 15 is 0 Å². The van der Waals surface area contributed by atoms with Crippen molar-refractivity contribution in [2.24, 2.45) is 0 Å². The van der Waals surface area contributed by atoms with Crippen LogP contribution in [0.3, 0.4) is 0 Å². The van der Waals surface area contributed by atoms with E-state index in [9.17, 15) is 0 Å². The maximum atomic E-state index is 5.91. The van der Waals surface area contributed by atoms with Crippen molar-refractivity contribution >= 4 is 27.8 Å². The largest absolute Gasteiger partial charge is 0.459 e. The first-order chi connectivity index (χ1) is 11.9. The number of rotatable bonds is 3. The second-order valence-electron chi connectivity index (χ2n) is 7.12. The Kier molecular flexibility index (Phi) is 3.45. The zero-order chi connectivity index (χ0) is 17.6. The molecule has 7 nitrogen and oxygen atoms in total. The van der Waals surface area contributed by atoms with Crippen molar-refractivity contribution in [3.05, 3.63) is 42.8 Å². The average molecular weight is 336 g/mol. The number of furan rings is 1. The van der Waals surface area contributed by atoms with Crippen LogP contribution in [-0.4, -0.2) is 24.7 Å². The summed E-state index contributed by atoms with van der Waals surface area (Å²) < 4.78 is 7.82. The van der Waals surface area contributed by atoms with Crippen LogP contribution in [0.4, 0.5) is 5.82 Å². The van der Waals surface area contributed by atoms with E-state index in [0.717, 1.165) is 33.6 Å². The molecular formula is C18H20N6O. The summed E-state index contributed by atoms with van der Waals surface area (Å²) in [6.45, 7) is 8.33. The number of pyridine rings is 1. The van der Waals surface area contributed by atoms with Gasteiger partial charge in [0.2, 0.25) is 0 Å². The summed E-state index contributed by atoms with van der Waals surface area (Å²) in [5.74, 6) is 1.57. The van der Waals surface area contributed by atoms with E-state index in [1.165, 1.54) is 0 Å². The Balaban J connectivity index is 1.69. The number of aromatic nitrogens is 5. The molecule has 0 saturated heterocycles. The molecule has 128 valence electrons. The molecule has 0 aliphatic carbocycles. The highest BCUT2D eigenvalue weighted by atomic mass is 16.3. The SMILES string of the molecule is CC(Nc1ncnc2c1cnn2C(C)(C)C)c1cc2cnccc2o1. The minimum absolute atomic E-state index is 0.0523. The van der Waals surface area contributed by atoms with E-state index in [1.54, 1.807) is 24.9 Å². The molecule has 25 heavy (non-hydrogen) atoms. The standard InChI is InChI=1S/C18H20N6O/c1-11(15-7-12-8-19-6-5-14(12)25-15)23-16-13-9-22-24(18(2,3)4)17(13)21-10-20-16/h5-11H,1-4H3,(H,20,21,23). The zero-order valence-electron chi connectivity index (χ0n) is 14.7. The van der Waals surface area contributed by atoms with Gasteiger partial charge in [-0.15, -0.1) is 0 Å². The lowest BCUT2D eigenvalue weighted by Crippen LogP contribution is -2.23. The third-order valence-corrected chi connectivity index (χ3v) is 4.12. The van der Waals surface area contributed by atoms with Gasteiger partial charge in [0.05, 0.1) is 23.2 Å². The summed E-state index contributed by atoms with van der Waals surface area (Å²) in [6.07, 6.45) is 6.88. The molecule has 4 heterocycles. The molecule has 1 unspecified atom stereocenters. The van der Waals surface area contributed by atoms with E-state index in [4.69, 9.17) is 4.42 Å². The van der Waals surface area contributed by atoms with Gasteiger partial charge in [-0.1, -0.05) is 0 Å². The molecule has 4 rings (SSSR count). The third-order valence-electron chi connectivity index (χ3n) is 4.12. The van der Waals surface area contributed by atoms with Gasteiger partial charge in [0.25, 0.3) is 0 Å². The molecule has 0 aromatic carbocycles. The Bertz CT molecular complexity index is 1010. The summed E-state index contributed by atoms with van der Waals surface area (Å²) in [4.78, 5) is 12.9. The molecule has 0 radical (unpaired) electrons. The van der Waals surface area contributed by atoms with Gasteiger partial charge in [-0.3, -0.25) is 4.98 Å². The lowest BCUT2D eigenvalue weighted by Gasteiger charge is -2.19. The second-order valence-corrected chi connectivity index (χ2v) is 7.12. The fraction of sp³-hybridized carbons (Fsp3) is 0.333. The first-order valence-corrected chi connectivity index (χ1v) is 8.23. The zero-order valence-corrected chi connectivity index (χ0v) is 14.7. The van der Waals surface area contributed by atoms with Crippen LogP contribution in [0.1, 0.15) is 39.5 Å². The van der Waals surface area contributed by atoms with Crippen LogP contribution in [-0.2, 0) is 5.54 Å². The number of hydrogen-bond donors (Lipinski definition) is 1. The van der Waals surface area contributed by atoms with E-state index in [0.29, 0.717) is 0 Å². The summed E-state index contributed by atoms with van der Waals surface area (Å²) >= 11 is 0. The van der Waals surface area contributed by atoms with E-state index in [2.05, 4.69) is 46.1 Å².